The average Bonchev–Trinajstić information content (AvgIpc) is 3.12. The van der Waals surface area contributed by atoms with Gasteiger partial charge in [0.1, 0.15) is 17.4 Å². The predicted molar refractivity (Wildman–Crippen MR) is 114 cm³/mol. The fourth-order valence-electron chi connectivity index (χ4n) is 3.77. The molecule has 0 bridgehead atoms. The fourth-order valence-corrected chi connectivity index (χ4v) is 3.77. The second kappa shape index (κ2) is 8.75. The monoisotopic (exact) mass is 421 g/mol. The van der Waals surface area contributed by atoms with Crippen LogP contribution in [0.2, 0.25) is 0 Å². The smallest absolute Gasteiger partial charge is 0.228 e. The Morgan fingerprint density at radius 3 is 2.65 bits per heavy atom. The number of hydrogen-bond acceptors (Lipinski definition) is 5. The molecule has 4 rings (SSSR count). The zero-order valence-corrected chi connectivity index (χ0v) is 17.6. The highest BCUT2D eigenvalue weighted by Crippen LogP contribution is 2.25. The lowest BCUT2D eigenvalue weighted by Crippen LogP contribution is -2.41. The van der Waals surface area contributed by atoms with Crippen LogP contribution in [-0.2, 0) is 22.6 Å². The second-order valence-electron chi connectivity index (χ2n) is 8.05. The molecule has 1 aliphatic heterocycles. The van der Waals surface area contributed by atoms with E-state index >= 15 is 0 Å². The Labute approximate surface area is 179 Å². The van der Waals surface area contributed by atoms with Gasteiger partial charge in [-0.25, -0.2) is 9.07 Å². The maximum Gasteiger partial charge on any atom is 0.228 e. The van der Waals surface area contributed by atoms with Crippen molar-refractivity contribution >= 4 is 17.5 Å². The summed E-state index contributed by atoms with van der Waals surface area (Å²) in [6.45, 7) is 5.42. The predicted octanol–water partition coefficient (Wildman–Crippen LogP) is 3.36. The third-order valence-electron chi connectivity index (χ3n) is 5.28. The van der Waals surface area contributed by atoms with Gasteiger partial charge in [-0.3, -0.25) is 24.5 Å². The standard InChI is InChI=1S/C23H24FN5O2/c1-15-13-28(22-9-16(2)27-29(22)14-15)23(31)8-6-20(30)10-19-5-3-17(11-25-19)21-7-4-18(24)12-26-21/h3-5,7,9,11-12,15H,6,8,10,13-14H2,1-2H3. The molecule has 4 heterocycles. The number of carbonyl (C=O) groups is 2. The lowest BCUT2D eigenvalue weighted by atomic mass is 10.1. The minimum Gasteiger partial charge on any atom is -0.299 e. The van der Waals surface area contributed by atoms with Crippen molar-refractivity contribution in [3.8, 4) is 11.3 Å². The topological polar surface area (TPSA) is 81.0 Å². The zero-order valence-electron chi connectivity index (χ0n) is 17.6. The van der Waals surface area contributed by atoms with Gasteiger partial charge >= 0.3 is 0 Å². The van der Waals surface area contributed by atoms with E-state index in [4.69, 9.17) is 0 Å². The molecule has 3 aromatic heterocycles. The van der Waals surface area contributed by atoms with Crippen LogP contribution in [0.5, 0.6) is 0 Å². The Kier molecular flexibility index (Phi) is 5.88. The fraction of sp³-hybridized carbons (Fsp3) is 0.348. The highest BCUT2D eigenvalue weighted by molar-refractivity contribution is 5.95. The maximum absolute atomic E-state index is 13.0. The number of fused-ring (bicyclic) bond motifs is 1. The summed E-state index contributed by atoms with van der Waals surface area (Å²) in [6, 6.07) is 8.40. The van der Waals surface area contributed by atoms with E-state index in [2.05, 4.69) is 22.0 Å². The van der Waals surface area contributed by atoms with Gasteiger partial charge in [0.05, 0.1) is 17.6 Å². The summed E-state index contributed by atoms with van der Waals surface area (Å²) in [4.78, 5) is 35.3. The molecule has 0 saturated heterocycles. The summed E-state index contributed by atoms with van der Waals surface area (Å²) >= 11 is 0. The van der Waals surface area contributed by atoms with Crippen LogP contribution in [0.4, 0.5) is 10.2 Å². The van der Waals surface area contributed by atoms with E-state index in [1.807, 2.05) is 17.7 Å². The number of aromatic nitrogens is 4. The number of Topliss-reactive ketones (excluding diaryl/α,β-unsaturated/α-hetero) is 1. The summed E-state index contributed by atoms with van der Waals surface area (Å²) in [5, 5.41) is 4.44. The number of ketones is 1. The highest BCUT2D eigenvalue weighted by Gasteiger charge is 2.27. The van der Waals surface area contributed by atoms with Crippen molar-refractivity contribution in [2.75, 3.05) is 11.4 Å². The molecular formula is C23H24FN5O2. The molecule has 0 aliphatic carbocycles. The van der Waals surface area contributed by atoms with Gasteiger partial charge < -0.3 is 0 Å². The largest absolute Gasteiger partial charge is 0.299 e. The van der Waals surface area contributed by atoms with E-state index in [0.29, 0.717) is 23.9 Å². The second-order valence-corrected chi connectivity index (χ2v) is 8.05. The SMILES string of the molecule is Cc1cc2n(n1)CC(C)CN2C(=O)CCC(=O)Cc1ccc(-c2ccc(F)cn2)cn1. The molecule has 0 radical (unpaired) electrons. The molecule has 1 amide bonds. The number of rotatable bonds is 6. The Morgan fingerprint density at radius 1 is 1.10 bits per heavy atom. The van der Waals surface area contributed by atoms with Crippen molar-refractivity contribution in [1.82, 2.24) is 19.7 Å². The van der Waals surface area contributed by atoms with Gasteiger partial charge in [0.15, 0.2) is 0 Å². The van der Waals surface area contributed by atoms with Crippen LogP contribution in [0.15, 0.2) is 42.7 Å². The molecule has 7 nitrogen and oxygen atoms in total. The molecule has 160 valence electrons. The minimum atomic E-state index is -0.396. The van der Waals surface area contributed by atoms with Crippen LogP contribution in [0, 0.1) is 18.7 Å². The number of amides is 1. The highest BCUT2D eigenvalue weighted by atomic mass is 19.1. The first-order valence-corrected chi connectivity index (χ1v) is 10.3. The first-order valence-electron chi connectivity index (χ1n) is 10.3. The molecule has 1 aliphatic rings. The molecule has 0 N–H and O–H groups in total. The average molecular weight is 421 g/mol. The number of aryl methyl sites for hydroxylation is 1. The molecule has 0 fully saturated rings. The van der Waals surface area contributed by atoms with E-state index in [-0.39, 0.29) is 31.0 Å². The molecular weight excluding hydrogens is 397 g/mol. The van der Waals surface area contributed by atoms with Crippen molar-refractivity contribution < 1.29 is 14.0 Å². The minimum absolute atomic E-state index is 0.0387. The maximum atomic E-state index is 13.0. The van der Waals surface area contributed by atoms with Gasteiger partial charge in [0.2, 0.25) is 5.91 Å². The summed E-state index contributed by atoms with van der Waals surface area (Å²) in [6.07, 6.45) is 3.26. The first kappa shape index (κ1) is 20.8. The lowest BCUT2D eigenvalue weighted by Gasteiger charge is -2.31. The first-order chi connectivity index (χ1) is 14.9. The van der Waals surface area contributed by atoms with Crippen LogP contribution in [0.25, 0.3) is 11.3 Å². The normalized spacial score (nSPS) is 15.6. The van der Waals surface area contributed by atoms with E-state index < -0.39 is 5.82 Å². The van der Waals surface area contributed by atoms with E-state index in [1.165, 1.54) is 6.07 Å². The van der Waals surface area contributed by atoms with Crippen LogP contribution in [0.1, 0.15) is 31.2 Å². The van der Waals surface area contributed by atoms with Crippen LogP contribution < -0.4 is 4.90 Å². The lowest BCUT2D eigenvalue weighted by molar-refractivity contribution is -0.123. The third-order valence-corrected chi connectivity index (χ3v) is 5.28. The molecule has 0 saturated carbocycles. The van der Waals surface area contributed by atoms with Crippen molar-refractivity contribution in [2.45, 2.75) is 39.7 Å². The summed E-state index contributed by atoms with van der Waals surface area (Å²) in [5.74, 6) is 0.617. The summed E-state index contributed by atoms with van der Waals surface area (Å²) in [7, 11) is 0. The Morgan fingerprint density at radius 2 is 1.94 bits per heavy atom. The van der Waals surface area contributed by atoms with Gasteiger partial charge in [-0.15, -0.1) is 0 Å². The number of pyridine rings is 2. The van der Waals surface area contributed by atoms with Gasteiger partial charge in [-0.2, -0.15) is 5.10 Å². The van der Waals surface area contributed by atoms with Crippen molar-refractivity contribution in [2.24, 2.45) is 5.92 Å². The van der Waals surface area contributed by atoms with E-state index in [9.17, 15) is 14.0 Å². The molecule has 3 aromatic rings. The Bertz CT molecular complexity index is 1090. The number of anilines is 1. The van der Waals surface area contributed by atoms with E-state index in [0.717, 1.165) is 29.8 Å². The zero-order chi connectivity index (χ0) is 22.0. The number of nitrogens with zero attached hydrogens (tertiary/aromatic N) is 5. The third kappa shape index (κ3) is 4.84. The van der Waals surface area contributed by atoms with Gasteiger partial charge in [0.25, 0.3) is 0 Å². The summed E-state index contributed by atoms with van der Waals surface area (Å²) < 4.78 is 14.9. The summed E-state index contributed by atoms with van der Waals surface area (Å²) in [5.41, 5.74) is 2.87. The molecule has 0 aromatic carbocycles. The molecule has 8 heteroatoms. The van der Waals surface area contributed by atoms with Crippen LogP contribution in [0.3, 0.4) is 0 Å². The van der Waals surface area contributed by atoms with Crippen molar-refractivity contribution in [1.29, 1.82) is 0 Å². The number of carbonyl (C=O) groups excluding carboxylic acids is 2. The Balaban J connectivity index is 1.33. The molecule has 1 atom stereocenters. The van der Waals surface area contributed by atoms with Gasteiger partial charge in [0, 0.05) is 55.9 Å². The molecule has 0 spiro atoms. The van der Waals surface area contributed by atoms with Crippen LogP contribution in [-0.4, -0.2) is 38.0 Å². The van der Waals surface area contributed by atoms with Crippen molar-refractivity contribution in [3.63, 3.8) is 0 Å². The molecule has 31 heavy (non-hydrogen) atoms. The number of halogens is 1. The Hall–Kier alpha value is -3.42. The number of hydrogen-bond donors (Lipinski definition) is 0. The van der Waals surface area contributed by atoms with Crippen LogP contribution >= 0.6 is 0 Å². The van der Waals surface area contributed by atoms with E-state index in [1.54, 1.807) is 29.3 Å². The van der Waals surface area contributed by atoms with Gasteiger partial charge in [-0.05, 0) is 37.1 Å². The quantitative estimate of drug-likeness (QED) is 0.610. The molecule has 1 unspecified atom stereocenters. The van der Waals surface area contributed by atoms with Gasteiger partial charge in [-0.1, -0.05) is 6.92 Å². The van der Waals surface area contributed by atoms with Crippen molar-refractivity contribution in [3.05, 3.63) is 59.9 Å².